The van der Waals surface area contributed by atoms with E-state index in [0.29, 0.717) is 22.3 Å². The summed E-state index contributed by atoms with van der Waals surface area (Å²) in [6.07, 6.45) is 0.254. The van der Waals surface area contributed by atoms with Crippen LogP contribution in [0.1, 0.15) is 17.5 Å². The predicted octanol–water partition coefficient (Wildman–Crippen LogP) is 4.54. The van der Waals surface area contributed by atoms with E-state index in [2.05, 4.69) is 10.6 Å². The second-order valence-corrected chi connectivity index (χ2v) is 7.24. The molecule has 5 nitrogen and oxygen atoms in total. The number of nitrogens with one attached hydrogen (secondary N) is 2. The lowest BCUT2D eigenvalue weighted by Gasteiger charge is -2.18. The molecule has 0 spiro atoms. The van der Waals surface area contributed by atoms with E-state index < -0.39 is 6.03 Å². The van der Waals surface area contributed by atoms with Gasteiger partial charge in [0.15, 0.2) is 0 Å². The van der Waals surface area contributed by atoms with E-state index in [-0.39, 0.29) is 18.4 Å². The van der Waals surface area contributed by atoms with Crippen LogP contribution >= 0.6 is 23.2 Å². The van der Waals surface area contributed by atoms with Gasteiger partial charge in [-0.3, -0.25) is 4.79 Å². The van der Waals surface area contributed by atoms with Crippen molar-refractivity contribution in [2.75, 3.05) is 16.8 Å². The van der Waals surface area contributed by atoms with Crippen LogP contribution in [-0.2, 0) is 4.79 Å². The topological polar surface area (TPSA) is 61.4 Å². The lowest BCUT2D eigenvalue weighted by Crippen LogP contribution is -2.39. The summed E-state index contributed by atoms with van der Waals surface area (Å²) in [6.45, 7) is 4.47. The molecule has 2 aromatic carbocycles. The van der Waals surface area contributed by atoms with Crippen molar-refractivity contribution in [3.63, 3.8) is 0 Å². The Morgan fingerprint density at radius 3 is 2.62 bits per heavy atom. The maximum atomic E-state index is 12.3. The fraction of sp³-hybridized carbons (Fsp3) is 0.263. The van der Waals surface area contributed by atoms with Crippen molar-refractivity contribution in [2.45, 2.75) is 26.3 Å². The molecule has 2 N–H and O–H groups in total. The summed E-state index contributed by atoms with van der Waals surface area (Å²) >= 11 is 12.0. The number of amides is 3. The quantitative estimate of drug-likeness (QED) is 0.806. The van der Waals surface area contributed by atoms with E-state index in [1.165, 1.54) is 5.56 Å². The molecule has 0 aliphatic carbocycles. The molecule has 0 bridgehead atoms. The number of halogens is 2. The summed E-state index contributed by atoms with van der Waals surface area (Å²) in [4.78, 5) is 26.3. The summed E-state index contributed by atoms with van der Waals surface area (Å²) in [6, 6.07) is 10.0. The molecule has 1 aliphatic rings. The molecular formula is C19H19Cl2N3O2. The first kappa shape index (κ1) is 18.5. The van der Waals surface area contributed by atoms with Crippen molar-refractivity contribution in [2.24, 2.45) is 0 Å². The fourth-order valence-electron chi connectivity index (χ4n) is 2.88. The van der Waals surface area contributed by atoms with Gasteiger partial charge in [-0.1, -0.05) is 29.3 Å². The number of hydrogen-bond acceptors (Lipinski definition) is 2. The van der Waals surface area contributed by atoms with E-state index in [1.807, 2.05) is 32.0 Å². The molecule has 0 unspecified atom stereocenters. The molecule has 1 heterocycles. The van der Waals surface area contributed by atoms with Gasteiger partial charge in [0.1, 0.15) is 0 Å². The SMILES string of the molecule is Cc1ccc(N2C[C@H](NC(=O)Nc3cc(Cl)ccc3Cl)CC2=O)cc1C. The minimum atomic E-state index is -0.422. The molecule has 7 heteroatoms. The van der Waals surface area contributed by atoms with Crippen LogP contribution < -0.4 is 15.5 Å². The molecule has 136 valence electrons. The first-order valence-corrected chi connectivity index (χ1v) is 8.99. The second-order valence-electron chi connectivity index (χ2n) is 6.40. The number of urea groups is 1. The van der Waals surface area contributed by atoms with E-state index in [4.69, 9.17) is 23.2 Å². The van der Waals surface area contributed by atoms with Crippen LogP contribution in [0.4, 0.5) is 16.2 Å². The number of carbonyl (C=O) groups excluding carboxylic acids is 2. The van der Waals surface area contributed by atoms with E-state index in [0.717, 1.165) is 11.3 Å². The van der Waals surface area contributed by atoms with Gasteiger partial charge < -0.3 is 15.5 Å². The van der Waals surface area contributed by atoms with Gasteiger partial charge >= 0.3 is 6.03 Å². The summed E-state index contributed by atoms with van der Waals surface area (Å²) in [5, 5.41) is 6.35. The number of benzene rings is 2. The summed E-state index contributed by atoms with van der Waals surface area (Å²) in [5.41, 5.74) is 3.57. The van der Waals surface area contributed by atoms with Gasteiger partial charge in [-0.2, -0.15) is 0 Å². The van der Waals surface area contributed by atoms with Gasteiger partial charge in [-0.05, 0) is 55.3 Å². The zero-order valence-corrected chi connectivity index (χ0v) is 16.0. The van der Waals surface area contributed by atoms with E-state index in [9.17, 15) is 9.59 Å². The number of anilines is 2. The van der Waals surface area contributed by atoms with Gasteiger partial charge in [0.25, 0.3) is 0 Å². The first-order chi connectivity index (χ1) is 12.3. The Bertz CT molecular complexity index is 870. The highest BCUT2D eigenvalue weighted by Gasteiger charge is 2.31. The molecule has 1 saturated heterocycles. The van der Waals surface area contributed by atoms with Gasteiger partial charge in [-0.15, -0.1) is 0 Å². The Morgan fingerprint density at radius 1 is 1.12 bits per heavy atom. The molecule has 3 rings (SSSR count). The van der Waals surface area contributed by atoms with Gasteiger partial charge in [0.2, 0.25) is 5.91 Å². The van der Waals surface area contributed by atoms with Crippen LogP contribution in [0.5, 0.6) is 0 Å². The average Bonchev–Trinajstić information content (AvgIpc) is 2.93. The van der Waals surface area contributed by atoms with Gasteiger partial charge in [0.05, 0.1) is 16.8 Å². The fourth-order valence-corrected chi connectivity index (χ4v) is 3.22. The predicted molar refractivity (Wildman–Crippen MR) is 105 cm³/mol. The second kappa shape index (κ2) is 7.56. The summed E-state index contributed by atoms with van der Waals surface area (Å²) < 4.78 is 0. The smallest absolute Gasteiger partial charge is 0.319 e. The molecule has 26 heavy (non-hydrogen) atoms. The van der Waals surface area contributed by atoms with Crippen LogP contribution in [-0.4, -0.2) is 24.5 Å². The normalized spacial score (nSPS) is 16.7. The van der Waals surface area contributed by atoms with Crippen molar-refractivity contribution in [3.05, 3.63) is 57.6 Å². The zero-order chi connectivity index (χ0) is 18.8. The maximum absolute atomic E-state index is 12.3. The van der Waals surface area contributed by atoms with Crippen molar-refractivity contribution in [1.29, 1.82) is 0 Å². The zero-order valence-electron chi connectivity index (χ0n) is 14.5. The molecule has 0 saturated carbocycles. The van der Waals surface area contributed by atoms with Crippen LogP contribution in [0.25, 0.3) is 0 Å². The van der Waals surface area contributed by atoms with Crippen molar-refractivity contribution < 1.29 is 9.59 Å². The third kappa shape index (κ3) is 4.11. The molecule has 3 amide bonds. The van der Waals surface area contributed by atoms with Crippen LogP contribution in [0, 0.1) is 13.8 Å². The van der Waals surface area contributed by atoms with Gasteiger partial charge in [-0.25, -0.2) is 4.79 Å². The number of rotatable bonds is 3. The number of aryl methyl sites for hydroxylation is 2. The van der Waals surface area contributed by atoms with Crippen molar-refractivity contribution >= 4 is 46.5 Å². The third-order valence-corrected chi connectivity index (χ3v) is 5.00. The number of hydrogen-bond donors (Lipinski definition) is 2. The molecule has 1 aliphatic heterocycles. The molecular weight excluding hydrogens is 373 g/mol. The first-order valence-electron chi connectivity index (χ1n) is 8.23. The summed E-state index contributed by atoms with van der Waals surface area (Å²) in [7, 11) is 0. The third-order valence-electron chi connectivity index (χ3n) is 4.44. The minimum Gasteiger partial charge on any atom is -0.333 e. The van der Waals surface area contributed by atoms with Crippen LogP contribution in [0.2, 0.25) is 10.0 Å². The van der Waals surface area contributed by atoms with Gasteiger partial charge in [0, 0.05) is 23.7 Å². The Labute approximate surface area is 162 Å². The minimum absolute atomic E-state index is 0.0145. The Morgan fingerprint density at radius 2 is 1.88 bits per heavy atom. The molecule has 2 aromatic rings. The average molecular weight is 392 g/mol. The van der Waals surface area contributed by atoms with Crippen molar-refractivity contribution in [3.8, 4) is 0 Å². The van der Waals surface area contributed by atoms with Crippen molar-refractivity contribution in [1.82, 2.24) is 5.32 Å². The maximum Gasteiger partial charge on any atom is 0.319 e. The van der Waals surface area contributed by atoms with Crippen LogP contribution in [0.15, 0.2) is 36.4 Å². The lowest BCUT2D eigenvalue weighted by atomic mass is 10.1. The molecule has 1 fully saturated rings. The largest absolute Gasteiger partial charge is 0.333 e. The summed E-state index contributed by atoms with van der Waals surface area (Å²) in [5.74, 6) is -0.0145. The standard InChI is InChI=1S/C19H19Cl2N3O2/c1-11-3-5-15(7-12(11)2)24-10-14(9-18(24)25)22-19(26)23-17-8-13(20)4-6-16(17)21/h3-8,14H,9-10H2,1-2H3,(H2,22,23,26)/t14-/m1/s1. The van der Waals surface area contributed by atoms with Crippen LogP contribution in [0.3, 0.4) is 0 Å². The Hall–Kier alpha value is -2.24. The molecule has 0 radical (unpaired) electrons. The monoisotopic (exact) mass is 391 g/mol. The Balaban J connectivity index is 1.64. The number of nitrogens with zero attached hydrogens (tertiary/aromatic N) is 1. The molecule has 1 atom stereocenters. The highest BCUT2D eigenvalue weighted by molar-refractivity contribution is 6.35. The lowest BCUT2D eigenvalue weighted by molar-refractivity contribution is -0.117. The molecule has 0 aromatic heterocycles. The Kier molecular flexibility index (Phi) is 5.39. The van der Waals surface area contributed by atoms with E-state index in [1.54, 1.807) is 23.1 Å². The van der Waals surface area contributed by atoms with E-state index >= 15 is 0 Å². The number of carbonyl (C=O) groups is 2. The highest BCUT2D eigenvalue weighted by Crippen LogP contribution is 2.26. The highest BCUT2D eigenvalue weighted by atomic mass is 35.5.